The molecular weight excluding hydrogens is 412 g/mol. The number of oxime groups is 1. The largest absolute Gasteiger partial charge is 0.493 e. The zero-order valence-corrected chi connectivity index (χ0v) is 20.6. The summed E-state index contributed by atoms with van der Waals surface area (Å²) in [5.41, 5.74) is 3.23. The number of rotatable bonds is 6. The molecule has 1 saturated heterocycles. The van der Waals surface area contributed by atoms with Crippen molar-refractivity contribution in [3.8, 4) is 11.5 Å². The molecule has 0 N–H and O–H groups in total. The van der Waals surface area contributed by atoms with E-state index in [0.29, 0.717) is 11.5 Å². The van der Waals surface area contributed by atoms with E-state index in [0.717, 1.165) is 61.7 Å². The molecule has 0 amide bonds. The first-order valence-electron chi connectivity index (χ1n) is 13.1. The van der Waals surface area contributed by atoms with E-state index in [9.17, 15) is 0 Å². The summed E-state index contributed by atoms with van der Waals surface area (Å²) in [5.74, 6) is 4.54. The van der Waals surface area contributed by atoms with Gasteiger partial charge in [-0.3, -0.25) is 0 Å². The maximum atomic E-state index is 6.18. The van der Waals surface area contributed by atoms with Gasteiger partial charge in [0.25, 0.3) is 0 Å². The van der Waals surface area contributed by atoms with E-state index >= 15 is 0 Å². The lowest BCUT2D eigenvalue weighted by Gasteiger charge is -2.56. The van der Waals surface area contributed by atoms with Crippen molar-refractivity contribution in [2.24, 2.45) is 28.3 Å². The lowest BCUT2D eigenvalue weighted by atomic mass is 9.50. The third-order valence-corrected chi connectivity index (χ3v) is 10.1. The Kier molecular flexibility index (Phi) is 5.39. The SMILES string of the molecule is COc1ccc(C23CC/C(=N\OCC45CC6CC(CC(C6)C4)C5)CC2N(C)CC3)cc1OC. The van der Waals surface area contributed by atoms with Crippen molar-refractivity contribution in [1.29, 1.82) is 0 Å². The standard InChI is InChI=1S/C28H40N2O3/c1-30-9-8-28(22-4-5-24(31-2)25(13-22)32-3)7-6-23(14-26(28)30)29-33-18-27-15-19-10-20(16-27)12-21(11-19)17-27/h4-5,13,19-21,26H,6-12,14-18H2,1-3H3/b29-23+. The van der Waals surface area contributed by atoms with Gasteiger partial charge in [-0.1, -0.05) is 11.2 Å². The van der Waals surface area contributed by atoms with Gasteiger partial charge in [0.05, 0.1) is 19.9 Å². The van der Waals surface area contributed by atoms with Crippen LogP contribution < -0.4 is 9.47 Å². The van der Waals surface area contributed by atoms with Crippen molar-refractivity contribution in [2.45, 2.75) is 75.7 Å². The maximum absolute atomic E-state index is 6.18. The number of benzene rings is 1. The Morgan fingerprint density at radius 2 is 1.67 bits per heavy atom. The Hall–Kier alpha value is -1.75. The molecule has 1 aliphatic heterocycles. The zero-order valence-electron chi connectivity index (χ0n) is 20.6. The van der Waals surface area contributed by atoms with Gasteiger partial charge in [0.2, 0.25) is 0 Å². The predicted octanol–water partition coefficient (Wildman–Crippen LogP) is 5.42. The third-order valence-electron chi connectivity index (χ3n) is 10.1. The molecule has 7 rings (SSSR count). The van der Waals surface area contributed by atoms with E-state index < -0.39 is 0 Å². The molecular formula is C28H40N2O3. The van der Waals surface area contributed by atoms with Crippen LogP contribution in [0.25, 0.3) is 0 Å². The molecule has 4 bridgehead atoms. The fourth-order valence-corrected chi connectivity index (χ4v) is 8.89. The molecule has 5 aliphatic carbocycles. The maximum Gasteiger partial charge on any atom is 0.161 e. The number of nitrogens with zero attached hydrogens (tertiary/aromatic N) is 2. The summed E-state index contributed by atoms with van der Waals surface area (Å²) in [6, 6.07) is 6.98. The fourth-order valence-electron chi connectivity index (χ4n) is 8.89. The van der Waals surface area contributed by atoms with Crippen molar-refractivity contribution in [1.82, 2.24) is 4.90 Å². The van der Waals surface area contributed by atoms with Crippen molar-refractivity contribution in [3.05, 3.63) is 23.8 Å². The highest BCUT2D eigenvalue weighted by atomic mass is 16.6. The molecule has 0 spiro atoms. The molecule has 2 unspecified atom stereocenters. The molecule has 6 aliphatic rings. The van der Waals surface area contributed by atoms with Gasteiger partial charge in [-0.2, -0.15) is 0 Å². The van der Waals surface area contributed by atoms with E-state index in [1.54, 1.807) is 14.2 Å². The molecule has 6 fully saturated rings. The Bertz CT molecular complexity index is 892. The summed E-state index contributed by atoms with van der Waals surface area (Å²) < 4.78 is 11.1. The Morgan fingerprint density at radius 1 is 0.970 bits per heavy atom. The van der Waals surface area contributed by atoms with Gasteiger partial charge in [0.15, 0.2) is 11.5 Å². The van der Waals surface area contributed by atoms with Crippen LogP contribution in [0.15, 0.2) is 23.4 Å². The molecule has 5 nitrogen and oxygen atoms in total. The van der Waals surface area contributed by atoms with Crippen LogP contribution >= 0.6 is 0 Å². The first-order valence-corrected chi connectivity index (χ1v) is 13.1. The van der Waals surface area contributed by atoms with Crippen molar-refractivity contribution < 1.29 is 14.3 Å². The van der Waals surface area contributed by atoms with Crippen molar-refractivity contribution in [2.75, 3.05) is 34.4 Å². The number of likely N-dealkylation sites (tertiary alicyclic amines) is 1. The molecule has 0 aromatic heterocycles. The smallest absolute Gasteiger partial charge is 0.161 e. The van der Waals surface area contributed by atoms with Gasteiger partial charge in [-0.15, -0.1) is 0 Å². The number of methoxy groups -OCH3 is 2. The van der Waals surface area contributed by atoms with Crippen molar-refractivity contribution in [3.63, 3.8) is 0 Å². The molecule has 5 heteroatoms. The van der Waals surface area contributed by atoms with Gasteiger partial charge in [0, 0.05) is 23.3 Å². The van der Waals surface area contributed by atoms with Crippen molar-refractivity contribution >= 4 is 5.71 Å². The van der Waals surface area contributed by atoms with E-state index in [1.807, 2.05) is 0 Å². The van der Waals surface area contributed by atoms with Crippen LogP contribution in [0, 0.1) is 23.2 Å². The second-order valence-corrected chi connectivity index (χ2v) is 12.0. The second kappa shape index (κ2) is 8.18. The van der Waals surface area contributed by atoms with Crippen LogP contribution in [0.3, 0.4) is 0 Å². The predicted molar refractivity (Wildman–Crippen MR) is 130 cm³/mol. The highest BCUT2D eigenvalue weighted by Gasteiger charge is 2.52. The minimum atomic E-state index is 0.160. The van der Waals surface area contributed by atoms with E-state index in [1.165, 1.54) is 56.2 Å². The summed E-state index contributed by atoms with van der Waals surface area (Å²) in [7, 11) is 5.70. The minimum absolute atomic E-state index is 0.160. The number of hydrogen-bond acceptors (Lipinski definition) is 5. The van der Waals surface area contributed by atoms with Gasteiger partial charge in [0.1, 0.15) is 6.61 Å². The summed E-state index contributed by atoms with van der Waals surface area (Å²) in [5, 5.41) is 4.79. The van der Waals surface area contributed by atoms with E-state index in [4.69, 9.17) is 19.5 Å². The van der Waals surface area contributed by atoms with Crippen LogP contribution in [-0.4, -0.2) is 51.1 Å². The van der Waals surface area contributed by atoms with Crippen LogP contribution in [0.5, 0.6) is 11.5 Å². The van der Waals surface area contributed by atoms with Crippen LogP contribution in [0.2, 0.25) is 0 Å². The Labute approximate surface area is 198 Å². The van der Waals surface area contributed by atoms with Gasteiger partial charge in [-0.05, 0) is 107 Å². The van der Waals surface area contributed by atoms with Gasteiger partial charge < -0.3 is 19.2 Å². The van der Waals surface area contributed by atoms with Crippen LogP contribution in [-0.2, 0) is 10.3 Å². The van der Waals surface area contributed by atoms with Crippen LogP contribution in [0.4, 0.5) is 0 Å². The first-order chi connectivity index (χ1) is 16.0. The quantitative estimate of drug-likeness (QED) is 0.541. The summed E-state index contributed by atoms with van der Waals surface area (Å²) in [6.07, 6.45) is 13.0. The number of likely N-dealkylation sites (N-methyl/N-ethyl adjacent to an activating group) is 1. The molecule has 1 aromatic rings. The first kappa shape index (κ1) is 21.8. The lowest BCUT2D eigenvalue weighted by molar-refractivity contribution is -0.0961. The van der Waals surface area contributed by atoms with Crippen LogP contribution in [0.1, 0.15) is 69.8 Å². The topological polar surface area (TPSA) is 43.3 Å². The monoisotopic (exact) mass is 452 g/mol. The lowest BCUT2D eigenvalue weighted by Crippen LogP contribution is -2.48. The van der Waals surface area contributed by atoms with Gasteiger partial charge >= 0.3 is 0 Å². The zero-order chi connectivity index (χ0) is 22.6. The average Bonchev–Trinajstić information content (AvgIpc) is 3.14. The summed E-state index contributed by atoms with van der Waals surface area (Å²) >= 11 is 0. The highest BCUT2D eigenvalue weighted by Crippen LogP contribution is 2.60. The van der Waals surface area contributed by atoms with E-state index in [2.05, 4.69) is 30.1 Å². The van der Waals surface area contributed by atoms with Gasteiger partial charge in [-0.25, -0.2) is 0 Å². The highest BCUT2D eigenvalue weighted by molar-refractivity contribution is 5.86. The molecule has 1 heterocycles. The molecule has 33 heavy (non-hydrogen) atoms. The fraction of sp³-hybridized carbons (Fsp3) is 0.750. The average molecular weight is 453 g/mol. The number of fused-ring (bicyclic) bond motifs is 1. The molecule has 1 aromatic carbocycles. The summed E-state index contributed by atoms with van der Waals surface area (Å²) in [6.45, 7) is 1.97. The number of ether oxygens (including phenoxy) is 2. The normalized spacial score (nSPS) is 40.8. The van der Waals surface area contributed by atoms with E-state index in [-0.39, 0.29) is 5.41 Å². The summed E-state index contributed by atoms with van der Waals surface area (Å²) in [4.78, 5) is 8.71. The third kappa shape index (κ3) is 3.66. The molecule has 0 radical (unpaired) electrons. The molecule has 5 saturated carbocycles. The molecule has 180 valence electrons. The number of hydrogen-bond donors (Lipinski definition) is 0. The minimum Gasteiger partial charge on any atom is -0.493 e. The molecule has 2 atom stereocenters. The Balaban J connectivity index is 1.16. The Morgan fingerprint density at radius 3 is 2.33 bits per heavy atom. The second-order valence-electron chi connectivity index (χ2n) is 12.0.